The first-order valence-corrected chi connectivity index (χ1v) is 3.04. The second-order valence-electron chi connectivity index (χ2n) is 2.64. The maximum atomic E-state index is 8.43. The number of rotatable bonds is 0. The van der Waals surface area contributed by atoms with Crippen molar-refractivity contribution in [2.24, 2.45) is 17.8 Å². The molecule has 2 aliphatic rings. The van der Waals surface area contributed by atoms with Gasteiger partial charge in [0, 0.05) is 0 Å². The zero-order valence-electron chi connectivity index (χ0n) is 4.59. The van der Waals surface area contributed by atoms with Crippen LogP contribution in [-0.2, 0) is 0 Å². The van der Waals surface area contributed by atoms with Crippen molar-refractivity contribution < 1.29 is 0 Å². The molecule has 1 aliphatic heterocycles. The highest BCUT2D eigenvalue weighted by Gasteiger charge is 2.53. The van der Waals surface area contributed by atoms with Crippen LogP contribution in [-0.4, -0.2) is 13.1 Å². The molecule has 8 heavy (non-hydrogen) atoms. The predicted molar refractivity (Wildman–Crippen MR) is 29.0 cm³/mol. The molecule has 2 nitrogen and oxygen atoms in total. The van der Waals surface area contributed by atoms with E-state index in [1.165, 1.54) is 0 Å². The van der Waals surface area contributed by atoms with Crippen LogP contribution in [0.15, 0.2) is 0 Å². The molecular formula is C6H8N2. The van der Waals surface area contributed by atoms with Gasteiger partial charge in [-0.1, -0.05) is 0 Å². The number of hydrogen-bond donors (Lipinski definition) is 1. The molecule has 1 N–H and O–H groups in total. The van der Waals surface area contributed by atoms with Gasteiger partial charge < -0.3 is 5.32 Å². The molecule has 2 heteroatoms. The lowest BCUT2D eigenvalue weighted by Gasteiger charge is -1.92. The summed E-state index contributed by atoms with van der Waals surface area (Å²) in [7, 11) is 0. The molecule has 0 radical (unpaired) electrons. The molecule has 0 bridgehead atoms. The maximum Gasteiger partial charge on any atom is 0.0662 e. The summed E-state index contributed by atoms with van der Waals surface area (Å²) in [5, 5.41) is 11.7. The van der Waals surface area contributed by atoms with Gasteiger partial charge in [-0.05, 0) is 24.9 Å². The zero-order chi connectivity index (χ0) is 5.56. The van der Waals surface area contributed by atoms with Crippen LogP contribution in [0.4, 0.5) is 0 Å². The highest BCUT2D eigenvalue weighted by Crippen LogP contribution is 2.47. The number of hydrogen-bond acceptors (Lipinski definition) is 2. The first-order chi connectivity index (χ1) is 3.93. The quantitative estimate of drug-likeness (QED) is 0.473. The van der Waals surface area contributed by atoms with Crippen molar-refractivity contribution in [2.75, 3.05) is 13.1 Å². The highest BCUT2D eigenvalue weighted by atomic mass is 15.0. The van der Waals surface area contributed by atoms with Crippen molar-refractivity contribution in [3.63, 3.8) is 0 Å². The smallest absolute Gasteiger partial charge is 0.0662 e. The largest absolute Gasteiger partial charge is 0.316 e. The average molecular weight is 108 g/mol. The number of nitrogens with zero attached hydrogens (tertiary/aromatic N) is 1. The fourth-order valence-electron chi connectivity index (χ4n) is 1.61. The summed E-state index contributed by atoms with van der Waals surface area (Å²) in [5.74, 6) is 1.86. The molecule has 0 aromatic rings. The second kappa shape index (κ2) is 1.24. The van der Waals surface area contributed by atoms with Crippen molar-refractivity contribution in [3.8, 4) is 6.07 Å². The molecule has 1 saturated carbocycles. The van der Waals surface area contributed by atoms with Crippen LogP contribution < -0.4 is 5.32 Å². The second-order valence-corrected chi connectivity index (χ2v) is 2.64. The molecule has 0 amide bonds. The van der Waals surface area contributed by atoms with Gasteiger partial charge in [-0.3, -0.25) is 0 Å². The van der Waals surface area contributed by atoms with Gasteiger partial charge >= 0.3 is 0 Å². The standard InChI is InChI=1S/C6H8N2/c7-1-4-5-2-8-3-6(4)5/h4-6,8H,2-3H2/t4?,5-,6+. The minimum Gasteiger partial charge on any atom is -0.316 e. The number of nitrogens with one attached hydrogen (secondary N) is 1. The SMILES string of the molecule is N#CC1[C@H]2CNC[C@@H]12. The topological polar surface area (TPSA) is 35.8 Å². The highest BCUT2D eigenvalue weighted by molar-refractivity contribution is 5.13. The van der Waals surface area contributed by atoms with E-state index in [1.54, 1.807) is 0 Å². The van der Waals surface area contributed by atoms with Crippen LogP contribution >= 0.6 is 0 Å². The fraction of sp³-hybridized carbons (Fsp3) is 0.833. The Hall–Kier alpha value is -0.550. The lowest BCUT2D eigenvalue weighted by atomic mass is 10.3. The van der Waals surface area contributed by atoms with Gasteiger partial charge in [0.15, 0.2) is 0 Å². The van der Waals surface area contributed by atoms with Crippen LogP contribution in [0.25, 0.3) is 0 Å². The average Bonchev–Trinajstić information content (AvgIpc) is 2.22. The minimum atomic E-state index is 0.413. The molecule has 3 atom stereocenters. The molecule has 1 saturated heterocycles. The number of fused-ring (bicyclic) bond motifs is 1. The van der Waals surface area contributed by atoms with Crippen molar-refractivity contribution >= 4 is 0 Å². The third kappa shape index (κ3) is 0.354. The van der Waals surface area contributed by atoms with Gasteiger partial charge in [-0.15, -0.1) is 0 Å². The summed E-state index contributed by atoms with van der Waals surface area (Å²) in [5.41, 5.74) is 0. The number of piperidine rings is 1. The molecule has 2 fully saturated rings. The van der Waals surface area contributed by atoms with Crippen molar-refractivity contribution in [1.82, 2.24) is 5.32 Å². The summed E-state index contributed by atoms with van der Waals surface area (Å²) < 4.78 is 0. The summed E-state index contributed by atoms with van der Waals surface area (Å²) in [4.78, 5) is 0. The van der Waals surface area contributed by atoms with Crippen LogP contribution in [0.2, 0.25) is 0 Å². The summed E-state index contributed by atoms with van der Waals surface area (Å²) in [6, 6.07) is 2.30. The van der Waals surface area contributed by atoms with Gasteiger partial charge in [0.25, 0.3) is 0 Å². The third-order valence-corrected chi connectivity index (χ3v) is 2.24. The Balaban J connectivity index is 2.06. The van der Waals surface area contributed by atoms with E-state index in [0.29, 0.717) is 5.92 Å². The van der Waals surface area contributed by atoms with Crippen molar-refractivity contribution in [2.45, 2.75) is 0 Å². The monoisotopic (exact) mass is 108 g/mol. The Morgan fingerprint density at radius 2 is 2.00 bits per heavy atom. The fourth-order valence-corrected chi connectivity index (χ4v) is 1.61. The molecule has 0 aromatic heterocycles. The van der Waals surface area contributed by atoms with Crippen molar-refractivity contribution in [3.05, 3.63) is 0 Å². The molecule has 0 spiro atoms. The van der Waals surface area contributed by atoms with E-state index in [9.17, 15) is 0 Å². The molecule has 0 aromatic carbocycles. The molecule has 42 valence electrons. The Kier molecular flexibility index (Phi) is 0.671. The van der Waals surface area contributed by atoms with Gasteiger partial charge in [0.05, 0.1) is 12.0 Å². The molecule has 1 aliphatic carbocycles. The van der Waals surface area contributed by atoms with Crippen LogP contribution in [0.5, 0.6) is 0 Å². The number of nitriles is 1. The van der Waals surface area contributed by atoms with Crippen molar-refractivity contribution in [1.29, 1.82) is 5.26 Å². The molecule has 2 rings (SSSR count). The van der Waals surface area contributed by atoms with Gasteiger partial charge in [0.2, 0.25) is 0 Å². The molecule has 1 unspecified atom stereocenters. The lowest BCUT2D eigenvalue weighted by Crippen LogP contribution is -2.13. The maximum absolute atomic E-state index is 8.43. The zero-order valence-corrected chi connectivity index (χ0v) is 4.59. The van der Waals surface area contributed by atoms with Gasteiger partial charge in [-0.2, -0.15) is 5.26 Å². The van der Waals surface area contributed by atoms with E-state index in [2.05, 4.69) is 11.4 Å². The van der Waals surface area contributed by atoms with E-state index in [4.69, 9.17) is 5.26 Å². The van der Waals surface area contributed by atoms with E-state index in [0.717, 1.165) is 24.9 Å². The molecular weight excluding hydrogens is 100 g/mol. The van der Waals surface area contributed by atoms with Gasteiger partial charge in [-0.25, -0.2) is 0 Å². The lowest BCUT2D eigenvalue weighted by molar-refractivity contribution is 0.675. The van der Waals surface area contributed by atoms with Crippen LogP contribution in [0.1, 0.15) is 0 Å². The predicted octanol–water partition coefficient (Wildman–Crippen LogP) is -0.0246. The Morgan fingerprint density at radius 1 is 1.38 bits per heavy atom. The Bertz CT molecular complexity index is 137. The van der Waals surface area contributed by atoms with E-state index >= 15 is 0 Å². The van der Waals surface area contributed by atoms with Crippen LogP contribution in [0, 0.1) is 29.1 Å². The third-order valence-electron chi connectivity index (χ3n) is 2.24. The van der Waals surface area contributed by atoms with E-state index < -0.39 is 0 Å². The minimum absolute atomic E-state index is 0.413. The van der Waals surface area contributed by atoms with E-state index in [-0.39, 0.29) is 0 Å². The summed E-state index contributed by atoms with van der Waals surface area (Å²) in [6.07, 6.45) is 0. The normalized spacial score (nSPS) is 50.1. The first kappa shape index (κ1) is 4.34. The Labute approximate surface area is 48.5 Å². The molecule has 1 heterocycles. The van der Waals surface area contributed by atoms with Crippen LogP contribution in [0.3, 0.4) is 0 Å². The van der Waals surface area contributed by atoms with E-state index in [1.807, 2.05) is 0 Å². The summed E-state index contributed by atoms with van der Waals surface area (Å²) in [6.45, 7) is 2.17. The van der Waals surface area contributed by atoms with Gasteiger partial charge in [0.1, 0.15) is 0 Å². The summed E-state index contributed by atoms with van der Waals surface area (Å²) >= 11 is 0. The first-order valence-electron chi connectivity index (χ1n) is 3.04. The Morgan fingerprint density at radius 3 is 2.38 bits per heavy atom.